The number of hydrogen-bond acceptors (Lipinski definition) is 7. The van der Waals surface area contributed by atoms with Gasteiger partial charge in [-0.3, -0.25) is 14.5 Å². The number of hydrogen-bond donors (Lipinski definition) is 4. The Morgan fingerprint density at radius 3 is 2.68 bits per heavy atom. The molecule has 1 aliphatic carbocycles. The molecule has 1 saturated carbocycles. The highest BCUT2D eigenvalue weighted by atomic mass is 19.1. The summed E-state index contributed by atoms with van der Waals surface area (Å²) in [6, 6.07) is -0.892. The number of methoxy groups -OCH3 is 1. The van der Waals surface area contributed by atoms with Gasteiger partial charge in [-0.25, -0.2) is 15.2 Å². The van der Waals surface area contributed by atoms with Crippen LogP contribution < -0.4 is 21.5 Å². The number of esters is 1. The molecule has 0 aromatic carbocycles. The Morgan fingerprint density at radius 1 is 1.20 bits per heavy atom. The van der Waals surface area contributed by atoms with Crippen molar-refractivity contribution in [1.29, 1.82) is 0 Å². The average molecular weight is 357 g/mol. The lowest BCUT2D eigenvalue weighted by molar-refractivity contribution is -0.148. The normalized spacial score (nSPS) is 36.8. The second-order valence-electron chi connectivity index (χ2n) is 7.06. The minimum atomic E-state index is -0.990. The summed E-state index contributed by atoms with van der Waals surface area (Å²) >= 11 is 0. The van der Waals surface area contributed by atoms with Crippen LogP contribution in [-0.4, -0.2) is 68.1 Å². The van der Waals surface area contributed by atoms with Gasteiger partial charge in [-0.2, -0.15) is 0 Å². The van der Waals surface area contributed by atoms with Crippen molar-refractivity contribution in [2.24, 2.45) is 5.92 Å². The number of ether oxygens (including phenoxy) is 1. The van der Waals surface area contributed by atoms with Gasteiger partial charge in [-0.15, -0.1) is 0 Å². The largest absolute Gasteiger partial charge is 0.469 e. The molecule has 1 amide bonds. The molecule has 2 saturated heterocycles. The third kappa shape index (κ3) is 4.46. The van der Waals surface area contributed by atoms with Crippen LogP contribution in [0.2, 0.25) is 0 Å². The molecule has 25 heavy (non-hydrogen) atoms. The van der Waals surface area contributed by atoms with Crippen molar-refractivity contribution in [2.75, 3.05) is 26.9 Å². The van der Waals surface area contributed by atoms with Gasteiger partial charge in [0.15, 0.2) is 0 Å². The monoisotopic (exact) mass is 357 g/mol. The second kappa shape index (κ2) is 8.39. The predicted octanol–water partition coefficient (Wildman–Crippen LogP) is -0.772. The Labute approximate surface area is 147 Å². The van der Waals surface area contributed by atoms with Crippen LogP contribution in [0.5, 0.6) is 0 Å². The second-order valence-corrected chi connectivity index (χ2v) is 7.06. The Hall–Kier alpha value is -1.29. The van der Waals surface area contributed by atoms with Crippen LogP contribution in [0.4, 0.5) is 4.39 Å². The van der Waals surface area contributed by atoms with Crippen LogP contribution in [0, 0.1) is 5.92 Å². The van der Waals surface area contributed by atoms with Gasteiger partial charge >= 0.3 is 5.97 Å². The summed E-state index contributed by atoms with van der Waals surface area (Å²) < 4.78 is 18.5. The number of amides is 1. The number of rotatable bonds is 4. The maximum absolute atomic E-state index is 13.7. The summed E-state index contributed by atoms with van der Waals surface area (Å²) in [7, 11) is 1.32. The quantitative estimate of drug-likeness (QED) is 0.491. The van der Waals surface area contributed by atoms with E-state index in [2.05, 4.69) is 26.4 Å². The van der Waals surface area contributed by atoms with E-state index in [1.807, 2.05) is 0 Å². The van der Waals surface area contributed by atoms with Gasteiger partial charge in [0.1, 0.15) is 12.2 Å². The van der Waals surface area contributed by atoms with E-state index >= 15 is 0 Å². The maximum atomic E-state index is 13.7. The van der Waals surface area contributed by atoms with E-state index in [4.69, 9.17) is 4.74 Å². The molecule has 8 nitrogen and oxygen atoms in total. The number of nitrogens with zero attached hydrogens (tertiary/aromatic N) is 1. The molecule has 5 atom stereocenters. The van der Waals surface area contributed by atoms with Gasteiger partial charge < -0.3 is 15.4 Å². The van der Waals surface area contributed by atoms with Gasteiger partial charge in [0, 0.05) is 25.8 Å². The van der Waals surface area contributed by atoms with Crippen molar-refractivity contribution in [3.8, 4) is 0 Å². The molecule has 3 fully saturated rings. The zero-order valence-electron chi connectivity index (χ0n) is 14.6. The molecule has 0 radical (unpaired) electrons. The number of alkyl halides is 1. The number of carbonyl (C=O) groups excluding carboxylic acids is 2. The van der Waals surface area contributed by atoms with E-state index < -0.39 is 18.1 Å². The lowest BCUT2D eigenvalue weighted by atomic mass is 9.83. The highest BCUT2D eigenvalue weighted by Gasteiger charge is 2.38. The predicted molar refractivity (Wildman–Crippen MR) is 88.8 cm³/mol. The molecular formula is C16H28FN5O3. The molecule has 4 N–H and O–H groups in total. The average Bonchev–Trinajstić information content (AvgIpc) is 3.16. The fraction of sp³-hybridized carbons (Fsp3) is 0.875. The van der Waals surface area contributed by atoms with Gasteiger partial charge in [0.05, 0.1) is 19.2 Å². The van der Waals surface area contributed by atoms with Crippen LogP contribution in [-0.2, 0) is 14.3 Å². The molecule has 0 spiro atoms. The standard InChI is InChI=1S/C16H28FN5O3/c1-25-16(24)11-3-2-10(17)8-13(11)19-15(23)12-4-5-14(21-20-12)22-7-6-18-9-22/h10-14,18,20-21H,2-9H2,1H3,(H,19,23). The fourth-order valence-electron chi connectivity index (χ4n) is 3.92. The van der Waals surface area contributed by atoms with E-state index in [0.29, 0.717) is 19.3 Å². The van der Waals surface area contributed by atoms with Crippen molar-refractivity contribution >= 4 is 11.9 Å². The summed E-state index contributed by atoms with van der Waals surface area (Å²) in [5, 5.41) is 6.14. The molecule has 2 heterocycles. The van der Waals surface area contributed by atoms with Gasteiger partial charge in [-0.1, -0.05) is 0 Å². The molecule has 0 aromatic rings. The number of halogens is 1. The first-order chi connectivity index (χ1) is 12.1. The lowest BCUT2D eigenvalue weighted by Crippen LogP contribution is -2.62. The third-order valence-corrected chi connectivity index (χ3v) is 5.42. The third-order valence-electron chi connectivity index (χ3n) is 5.42. The first-order valence-corrected chi connectivity index (χ1v) is 9.06. The van der Waals surface area contributed by atoms with Crippen molar-refractivity contribution < 1.29 is 18.7 Å². The fourth-order valence-corrected chi connectivity index (χ4v) is 3.92. The highest BCUT2D eigenvalue weighted by Crippen LogP contribution is 2.28. The van der Waals surface area contributed by atoms with E-state index in [1.54, 1.807) is 0 Å². The summed E-state index contributed by atoms with van der Waals surface area (Å²) in [4.78, 5) is 26.7. The number of carbonyl (C=O) groups is 2. The van der Waals surface area contributed by atoms with Crippen LogP contribution in [0.15, 0.2) is 0 Å². The molecule has 5 unspecified atom stereocenters. The van der Waals surface area contributed by atoms with Gasteiger partial charge in [0.2, 0.25) is 5.91 Å². The Kier molecular flexibility index (Phi) is 6.21. The smallest absolute Gasteiger partial charge is 0.310 e. The Bertz CT molecular complexity index is 480. The van der Waals surface area contributed by atoms with Gasteiger partial charge in [0.25, 0.3) is 0 Å². The minimum Gasteiger partial charge on any atom is -0.469 e. The molecule has 0 aromatic heterocycles. The van der Waals surface area contributed by atoms with E-state index in [-0.39, 0.29) is 30.5 Å². The molecule has 9 heteroatoms. The van der Waals surface area contributed by atoms with Gasteiger partial charge in [-0.05, 0) is 32.1 Å². The molecule has 0 bridgehead atoms. The van der Waals surface area contributed by atoms with Crippen LogP contribution in [0.1, 0.15) is 32.1 Å². The van der Waals surface area contributed by atoms with Crippen molar-refractivity contribution in [3.05, 3.63) is 0 Å². The molecule has 3 rings (SSSR count). The number of nitrogens with one attached hydrogen (secondary N) is 4. The van der Waals surface area contributed by atoms with E-state index in [1.165, 1.54) is 7.11 Å². The SMILES string of the molecule is COC(=O)C1CCC(F)CC1NC(=O)C1CCC(N2CCNC2)NN1. The first kappa shape index (κ1) is 18.5. The number of hydrazine groups is 1. The first-order valence-electron chi connectivity index (χ1n) is 9.06. The molecular weight excluding hydrogens is 329 g/mol. The van der Waals surface area contributed by atoms with Crippen molar-refractivity contribution in [1.82, 2.24) is 26.4 Å². The summed E-state index contributed by atoms with van der Waals surface area (Å²) in [6.07, 6.45) is 1.65. The summed E-state index contributed by atoms with van der Waals surface area (Å²) in [5.41, 5.74) is 6.26. The van der Waals surface area contributed by atoms with Crippen LogP contribution in [0.25, 0.3) is 0 Å². The lowest BCUT2D eigenvalue weighted by Gasteiger charge is -2.37. The summed E-state index contributed by atoms with van der Waals surface area (Å²) in [5.74, 6) is -1.05. The topological polar surface area (TPSA) is 94.7 Å². The van der Waals surface area contributed by atoms with Crippen LogP contribution >= 0.6 is 0 Å². The summed E-state index contributed by atoms with van der Waals surface area (Å²) in [6.45, 7) is 2.80. The van der Waals surface area contributed by atoms with E-state index in [9.17, 15) is 14.0 Å². The van der Waals surface area contributed by atoms with Crippen LogP contribution in [0.3, 0.4) is 0 Å². The van der Waals surface area contributed by atoms with Crippen molar-refractivity contribution in [2.45, 2.75) is 56.5 Å². The molecule has 2 aliphatic heterocycles. The zero-order valence-corrected chi connectivity index (χ0v) is 14.6. The zero-order chi connectivity index (χ0) is 17.8. The highest BCUT2D eigenvalue weighted by molar-refractivity contribution is 5.83. The van der Waals surface area contributed by atoms with Crippen molar-refractivity contribution in [3.63, 3.8) is 0 Å². The Balaban J connectivity index is 1.51. The molecule has 142 valence electrons. The Morgan fingerprint density at radius 2 is 2.04 bits per heavy atom. The van der Waals surface area contributed by atoms with E-state index in [0.717, 1.165) is 26.2 Å². The minimum absolute atomic E-state index is 0.160. The molecule has 3 aliphatic rings. The maximum Gasteiger partial charge on any atom is 0.310 e.